The van der Waals surface area contributed by atoms with E-state index in [4.69, 9.17) is 9.51 Å². The largest absolute Gasteiger partial charge is 0.356 e. The number of piperidine rings is 1. The van der Waals surface area contributed by atoms with Gasteiger partial charge in [-0.25, -0.2) is 9.97 Å². The third-order valence-electron chi connectivity index (χ3n) is 5.13. The molecule has 1 saturated heterocycles. The molecule has 7 nitrogen and oxygen atoms in total. The van der Waals surface area contributed by atoms with Crippen molar-refractivity contribution in [2.75, 3.05) is 19.6 Å². The van der Waals surface area contributed by atoms with Crippen LogP contribution < -0.4 is 5.32 Å². The van der Waals surface area contributed by atoms with Gasteiger partial charge in [-0.1, -0.05) is 11.2 Å². The highest BCUT2D eigenvalue weighted by molar-refractivity contribution is 7.09. The second-order valence-electron chi connectivity index (χ2n) is 7.48. The van der Waals surface area contributed by atoms with Crippen molar-refractivity contribution in [3.05, 3.63) is 51.9 Å². The quantitative estimate of drug-likeness (QED) is 0.670. The van der Waals surface area contributed by atoms with E-state index < -0.39 is 0 Å². The Morgan fingerprint density at radius 3 is 3.07 bits per heavy atom. The van der Waals surface area contributed by atoms with Crippen molar-refractivity contribution < 1.29 is 9.32 Å². The SMILES string of the molecule is Cc1cc(-c2cnc(C)nc2C2CCCN(CC(=O)NCc3cccs3)C2)on1. The number of aromatic nitrogens is 3. The fourth-order valence-electron chi connectivity index (χ4n) is 3.76. The number of rotatable bonds is 6. The number of carbonyl (C=O) groups excluding carboxylic acids is 1. The number of aryl methyl sites for hydroxylation is 2. The van der Waals surface area contributed by atoms with E-state index in [9.17, 15) is 4.79 Å². The minimum absolute atomic E-state index is 0.0593. The zero-order valence-corrected chi connectivity index (χ0v) is 17.5. The number of hydrogen-bond donors (Lipinski definition) is 1. The van der Waals surface area contributed by atoms with Crippen molar-refractivity contribution >= 4 is 17.2 Å². The van der Waals surface area contributed by atoms with Gasteiger partial charge >= 0.3 is 0 Å². The Morgan fingerprint density at radius 1 is 1.41 bits per heavy atom. The molecule has 1 aliphatic rings. The summed E-state index contributed by atoms with van der Waals surface area (Å²) in [6.45, 7) is 6.51. The molecule has 3 aromatic heterocycles. The molecule has 0 radical (unpaired) electrons. The fourth-order valence-corrected chi connectivity index (χ4v) is 4.40. The van der Waals surface area contributed by atoms with Crippen molar-refractivity contribution in [3.63, 3.8) is 0 Å². The highest BCUT2D eigenvalue weighted by Gasteiger charge is 2.27. The van der Waals surface area contributed by atoms with Crippen molar-refractivity contribution in [3.8, 4) is 11.3 Å². The third kappa shape index (κ3) is 4.89. The zero-order chi connectivity index (χ0) is 20.2. The number of nitrogens with one attached hydrogen (secondary N) is 1. The van der Waals surface area contributed by atoms with Gasteiger partial charge in [0.15, 0.2) is 5.76 Å². The highest BCUT2D eigenvalue weighted by Crippen LogP contribution is 2.33. The molecule has 4 rings (SSSR count). The van der Waals surface area contributed by atoms with Gasteiger partial charge in [0, 0.05) is 29.6 Å². The van der Waals surface area contributed by atoms with Crippen molar-refractivity contribution in [2.24, 2.45) is 0 Å². The Balaban J connectivity index is 1.44. The average Bonchev–Trinajstić information content (AvgIpc) is 3.38. The maximum absolute atomic E-state index is 12.4. The fraction of sp³-hybridized carbons (Fsp3) is 0.429. The lowest BCUT2D eigenvalue weighted by atomic mass is 9.91. The molecule has 29 heavy (non-hydrogen) atoms. The average molecular weight is 412 g/mol. The van der Waals surface area contributed by atoms with Crippen LogP contribution in [0.15, 0.2) is 34.3 Å². The standard InChI is InChI=1S/C21H25N5O2S/c1-14-9-19(28-25-14)18-11-22-15(2)24-21(18)16-5-3-7-26(12-16)13-20(27)23-10-17-6-4-8-29-17/h4,6,8-9,11,16H,3,5,7,10,12-13H2,1-2H3,(H,23,27). The van der Waals surface area contributed by atoms with Gasteiger partial charge < -0.3 is 9.84 Å². The van der Waals surface area contributed by atoms with E-state index in [0.717, 1.165) is 48.7 Å². The molecule has 1 aliphatic heterocycles. The number of thiophene rings is 1. The van der Waals surface area contributed by atoms with Crippen LogP contribution in [0.5, 0.6) is 0 Å². The first kappa shape index (κ1) is 19.7. The molecule has 0 bridgehead atoms. The molecule has 152 valence electrons. The zero-order valence-electron chi connectivity index (χ0n) is 16.7. The van der Waals surface area contributed by atoms with Crippen LogP contribution in [0.3, 0.4) is 0 Å². The highest BCUT2D eigenvalue weighted by atomic mass is 32.1. The molecule has 0 aromatic carbocycles. The van der Waals surface area contributed by atoms with Crippen LogP contribution in [0, 0.1) is 13.8 Å². The summed E-state index contributed by atoms with van der Waals surface area (Å²) in [4.78, 5) is 24.9. The lowest BCUT2D eigenvalue weighted by Crippen LogP contribution is -2.42. The maximum Gasteiger partial charge on any atom is 0.234 e. The van der Waals surface area contributed by atoms with Crippen LogP contribution in [0.1, 0.15) is 40.8 Å². The minimum Gasteiger partial charge on any atom is -0.356 e. The first-order valence-electron chi connectivity index (χ1n) is 9.87. The van der Waals surface area contributed by atoms with Crippen LogP contribution in [0.2, 0.25) is 0 Å². The summed E-state index contributed by atoms with van der Waals surface area (Å²) >= 11 is 1.65. The van der Waals surface area contributed by atoms with Gasteiger partial charge in [-0.3, -0.25) is 9.69 Å². The molecule has 8 heteroatoms. The second kappa shape index (κ2) is 8.84. The molecule has 3 aromatic rings. The molecule has 1 unspecified atom stereocenters. The first-order valence-corrected chi connectivity index (χ1v) is 10.7. The molecule has 4 heterocycles. The van der Waals surface area contributed by atoms with Gasteiger partial charge in [-0.15, -0.1) is 11.3 Å². The van der Waals surface area contributed by atoms with Gasteiger partial charge in [0.25, 0.3) is 0 Å². The molecule has 0 aliphatic carbocycles. The molecule has 0 spiro atoms. The Bertz CT molecular complexity index is 969. The van der Waals surface area contributed by atoms with Gasteiger partial charge in [-0.2, -0.15) is 0 Å². The molecule has 0 saturated carbocycles. The number of hydrogen-bond acceptors (Lipinski definition) is 7. The first-order chi connectivity index (χ1) is 14.1. The number of nitrogens with zero attached hydrogens (tertiary/aromatic N) is 4. The summed E-state index contributed by atoms with van der Waals surface area (Å²) in [5.74, 6) is 1.73. The van der Waals surface area contributed by atoms with Crippen molar-refractivity contribution in [2.45, 2.75) is 39.2 Å². The van der Waals surface area contributed by atoms with E-state index in [-0.39, 0.29) is 11.8 Å². The predicted octanol–water partition coefficient (Wildman–Crippen LogP) is 3.31. The maximum atomic E-state index is 12.4. The van der Waals surface area contributed by atoms with Gasteiger partial charge in [0.05, 0.1) is 30.0 Å². The molecular weight excluding hydrogens is 386 g/mol. The van der Waals surface area contributed by atoms with E-state index >= 15 is 0 Å². The van der Waals surface area contributed by atoms with E-state index in [1.165, 1.54) is 4.88 Å². The Hall–Kier alpha value is -2.58. The molecule has 1 fully saturated rings. The summed E-state index contributed by atoms with van der Waals surface area (Å²) in [5, 5.41) is 9.04. The van der Waals surface area contributed by atoms with Gasteiger partial charge in [0.2, 0.25) is 5.91 Å². The lowest BCUT2D eigenvalue weighted by molar-refractivity contribution is -0.122. The Morgan fingerprint density at radius 2 is 2.31 bits per heavy atom. The summed E-state index contributed by atoms with van der Waals surface area (Å²) in [6, 6.07) is 5.95. The predicted molar refractivity (Wildman–Crippen MR) is 112 cm³/mol. The van der Waals surface area contributed by atoms with E-state index in [1.54, 1.807) is 11.3 Å². The topological polar surface area (TPSA) is 84.2 Å². The normalized spacial score (nSPS) is 17.4. The van der Waals surface area contributed by atoms with Crippen LogP contribution in [-0.4, -0.2) is 45.6 Å². The number of carbonyl (C=O) groups is 1. The Labute approximate surface area is 174 Å². The van der Waals surface area contributed by atoms with Crippen LogP contribution in [-0.2, 0) is 11.3 Å². The second-order valence-corrected chi connectivity index (χ2v) is 8.51. The molecule has 1 N–H and O–H groups in total. The van der Waals surface area contributed by atoms with Gasteiger partial charge in [-0.05, 0) is 44.7 Å². The van der Waals surface area contributed by atoms with E-state index in [1.807, 2.05) is 43.6 Å². The van der Waals surface area contributed by atoms with Crippen molar-refractivity contribution in [1.82, 2.24) is 25.3 Å². The summed E-state index contributed by atoms with van der Waals surface area (Å²) < 4.78 is 5.47. The third-order valence-corrected chi connectivity index (χ3v) is 6.01. The van der Waals surface area contributed by atoms with Gasteiger partial charge in [0.1, 0.15) is 5.82 Å². The molecule has 1 amide bonds. The summed E-state index contributed by atoms with van der Waals surface area (Å²) in [7, 11) is 0. The van der Waals surface area contributed by atoms with Crippen LogP contribution in [0.25, 0.3) is 11.3 Å². The smallest absolute Gasteiger partial charge is 0.234 e. The van der Waals surface area contributed by atoms with E-state index in [0.29, 0.717) is 18.8 Å². The number of amides is 1. The summed E-state index contributed by atoms with van der Waals surface area (Å²) in [5.41, 5.74) is 2.71. The Kier molecular flexibility index (Phi) is 6.01. The van der Waals surface area contributed by atoms with Crippen LogP contribution in [0.4, 0.5) is 0 Å². The van der Waals surface area contributed by atoms with E-state index in [2.05, 4.69) is 20.4 Å². The molecular formula is C21H25N5O2S. The monoisotopic (exact) mass is 411 g/mol. The minimum atomic E-state index is 0.0593. The molecule has 1 atom stereocenters. The number of likely N-dealkylation sites (tertiary alicyclic amines) is 1. The van der Waals surface area contributed by atoms with Crippen molar-refractivity contribution in [1.29, 1.82) is 0 Å². The van der Waals surface area contributed by atoms with Crippen LogP contribution >= 0.6 is 11.3 Å². The lowest BCUT2D eigenvalue weighted by Gasteiger charge is -2.32. The summed E-state index contributed by atoms with van der Waals surface area (Å²) in [6.07, 6.45) is 3.88.